The highest BCUT2D eigenvalue weighted by Crippen LogP contribution is 2.28. The van der Waals surface area contributed by atoms with Gasteiger partial charge in [0.05, 0.1) is 10.6 Å². The molecular formula is C29H33Cl2N3O4S. The topological polar surface area (TPSA) is 86.8 Å². The number of hydrogen-bond donors (Lipinski definition) is 1. The largest absolute Gasteiger partial charge is 0.357 e. The molecule has 0 saturated heterocycles. The van der Waals surface area contributed by atoms with E-state index in [1.807, 2.05) is 26.0 Å². The summed E-state index contributed by atoms with van der Waals surface area (Å²) in [6.07, 6.45) is 0.311. The molecule has 0 aliphatic heterocycles. The maximum Gasteiger partial charge on any atom is 0.264 e. The first-order chi connectivity index (χ1) is 18.5. The van der Waals surface area contributed by atoms with Crippen LogP contribution < -0.4 is 9.62 Å². The quantitative estimate of drug-likeness (QED) is 0.303. The molecule has 39 heavy (non-hydrogen) atoms. The van der Waals surface area contributed by atoms with Crippen molar-refractivity contribution in [3.05, 3.63) is 94.0 Å². The fourth-order valence-corrected chi connectivity index (χ4v) is 6.10. The SMILES string of the molecule is CC[C@@H](C(=O)NC)N(Cc1ccc(Cl)cc1Cl)C(=O)CN(c1ccc(C(C)C)cc1)S(=O)(=O)c1ccccc1. The maximum atomic E-state index is 14.0. The molecule has 1 atom stereocenters. The Kier molecular flexibility index (Phi) is 10.4. The summed E-state index contributed by atoms with van der Waals surface area (Å²) in [5.41, 5.74) is 1.95. The molecule has 10 heteroatoms. The first-order valence-electron chi connectivity index (χ1n) is 12.6. The Balaban J connectivity index is 2.08. The molecular weight excluding hydrogens is 557 g/mol. The molecule has 3 aromatic rings. The van der Waals surface area contributed by atoms with E-state index < -0.39 is 28.5 Å². The lowest BCUT2D eigenvalue weighted by Crippen LogP contribution is -2.51. The number of likely N-dealkylation sites (N-methyl/N-ethyl adjacent to an activating group) is 1. The van der Waals surface area contributed by atoms with Crippen molar-refractivity contribution in [1.82, 2.24) is 10.2 Å². The Bertz CT molecular complexity index is 1400. The smallest absolute Gasteiger partial charge is 0.264 e. The van der Waals surface area contributed by atoms with Crippen LogP contribution in [0.4, 0.5) is 5.69 Å². The lowest BCUT2D eigenvalue weighted by Gasteiger charge is -2.33. The maximum absolute atomic E-state index is 14.0. The highest BCUT2D eigenvalue weighted by atomic mass is 35.5. The lowest BCUT2D eigenvalue weighted by atomic mass is 10.0. The highest BCUT2D eigenvalue weighted by molar-refractivity contribution is 7.92. The van der Waals surface area contributed by atoms with Crippen molar-refractivity contribution in [3.8, 4) is 0 Å². The summed E-state index contributed by atoms with van der Waals surface area (Å²) in [6, 6.07) is 19.1. The number of nitrogens with zero attached hydrogens (tertiary/aromatic N) is 2. The second-order valence-corrected chi connectivity index (χ2v) is 12.1. The summed E-state index contributed by atoms with van der Waals surface area (Å²) in [6.45, 7) is 5.34. The molecule has 1 N–H and O–H groups in total. The third kappa shape index (κ3) is 7.32. The van der Waals surface area contributed by atoms with Crippen LogP contribution in [0.15, 0.2) is 77.7 Å². The zero-order valence-corrected chi connectivity index (χ0v) is 24.7. The van der Waals surface area contributed by atoms with Gasteiger partial charge in [0.25, 0.3) is 10.0 Å². The molecule has 0 aliphatic carbocycles. The number of amides is 2. The van der Waals surface area contributed by atoms with Gasteiger partial charge in [-0.05, 0) is 59.9 Å². The summed E-state index contributed by atoms with van der Waals surface area (Å²) in [5.74, 6) is -0.670. The molecule has 3 rings (SSSR count). The zero-order chi connectivity index (χ0) is 28.7. The Labute approximate surface area is 240 Å². The number of carbonyl (C=O) groups is 2. The van der Waals surface area contributed by atoms with Crippen LogP contribution in [-0.4, -0.2) is 44.8 Å². The number of nitrogens with one attached hydrogen (secondary N) is 1. The number of sulfonamides is 1. The van der Waals surface area contributed by atoms with Crippen LogP contribution in [0.5, 0.6) is 0 Å². The molecule has 7 nitrogen and oxygen atoms in total. The minimum Gasteiger partial charge on any atom is -0.357 e. The van der Waals surface area contributed by atoms with Crippen LogP contribution in [0.1, 0.15) is 44.2 Å². The minimum atomic E-state index is -4.12. The van der Waals surface area contributed by atoms with Crippen molar-refractivity contribution < 1.29 is 18.0 Å². The van der Waals surface area contributed by atoms with Gasteiger partial charge in [0, 0.05) is 23.6 Å². The van der Waals surface area contributed by atoms with Gasteiger partial charge in [0.15, 0.2) is 0 Å². The Morgan fingerprint density at radius 1 is 0.949 bits per heavy atom. The predicted molar refractivity (Wildman–Crippen MR) is 157 cm³/mol. The predicted octanol–water partition coefficient (Wildman–Crippen LogP) is 5.87. The molecule has 3 aromatic carbocycles. The normalized spacial score (nSPS) is 12.2. The molecule has 0 aromatic heterocycles. The van der Waals surface area contributed by atoms with Crippen molar-refractivity contribution >= 4 is 50.7 Å². The molecule has 0 heterocycles. The fourth-order valence-electron chi connectivity index (χ4n) is 4.19. The fraction of sp³-hybridized carbons (Fsp3) is 0.310. The van der Waals surface area contributed by atoms with Gasteiger partial charge in [-0.1, -0.05) is 80.4 Å². The van der Waals surface area contributed by atoms with Gasteiger partial charge in [0.2, 0.25) is 11.8 Å². The van der Waals surface area contributed by atoms with E-state index in [9.17, 15) is 18.0 Å². The van der Waals surface area contributed by atoms with E-state index in [1.165, 1.54) is 24.1 Å². The number of hydrogen-bond acceptors (Lipinski definition) is 4. The second-order valence-electron chi connectivity index (χ2n) is 9.37. The number of anilines is 1. The van der Waals surface area contributed by atoms with Crippen LogP contribution in [0.2, 0.25) is 10.0 Å². The molecule has 0 radical (unpaired) electrons. The highest BCUT2D eigenvalue weighted by Gasteiger charge is 2.33. The average Bonchev–Trinajstić information content (AvgIpc) is 2.92. The van der Waals surface area contributed by atoms with E-state index >= 15 is 0 Å². The molecule has 208 valence electrons. The van der Waals surface area contributed by atoms with Crippen LogP contribution in [-0.2, 0) is 26.2 Å². The molecule has 0 bridgehead atoms. The molecule has 0 aliphatic rings. The summed E-state index contributed by atoms with van der Waals surface area (Å²) in [4.78, 5) is 28.2. The van der Waals surface area contributed by atoms with E-state index in [0.717, 1.165) is 9.87 Å². The molecule has 0 saturated carbocycles. The van der Waals surface area contributed by atoms with Gasteiger partial charge in [-0.2, -0.15) is 0 Å². The summed E-state index contributed by atoms with van der Waals surface area (Å²) in [5, 5.41) is 3.37. The van der Waals surface area contributed by atoms with Gasteiger partial charge < -0.3 is 10.2 Å². The zero-order valence-electron chi connectivity index (χ0n) is 22.4. The first kappa shape index (κ1) is 30.5. The van der Waals surface area contributed by atoms with E-state index in [1.54, 1.807) is 55.5 Å². The number of halogens is 2. The van der Waals surface area contributed by atoms with Gasteiger partial charge in [-0.15, -0.1) is 0 Å². The van der Waals surface area contributed by atoms with E-state index in [-0.39, 0.29) is 23.3 Å². The Morgan fingerprint density at radius 3 is 2.13 bits per heavy atom. The van der Waals surface area contributed by atoms with Gasteiger partial charge in [-0.3, -0.25) is 13.9 Å². The standard InChI is InChI=1S/C29H33Cl2N3O4S/c1-5-27(29(36)32-4)33(18-22-11-14-23(30)17-26(22)31)28(35)19-34(24-15-12-21(13-16-24)20(2)3)39(37,38)25-9-7-6-8-10-25/h6-17,20,27H,5,18-19H2,1-4H3,(H,32,36)/t27-/m0/s1. The number of benzene rings is 3. The van der Waals surface area contributed by atoms with Crippen molar-refractivity contribution in [2.24, 2.45) is 0 Å². The van der Waals surface area contributed by atoms with Gasteiger partial charge in [-0.25, -0.2) is 8.42 Å². The van der Waals surface area contributed by atoms with Gasteiger partial charge in [0.1, 0.15) is 12.6 Å². The van der Waals surface area contributed by atoms with E-state index in [0.29, 0.717) is 27.7 Å². The van der Waals surface area contributed by atoms with Crippen LogP contribution >= 0.6 is 23.2 Å². The number of rotatable bonds is 11. The third-order valence-corrected chi connectivity index (χ3v) is 8.82. The summed E-state index contributed by atoms with van der Waals surface area (Å²) >= 11 is 12.5. The molecule has 0 spiro atoms. The molecule has 2 amide bonds. The monoisotopic (exact) mass is 589 g/mol. The Hall–Kier alpha value is -3.07. The second kappa shape index (κ2) is 13.3. The van der Waals surface area contributed by atoms with E-state index in [2.05, 4.69) is 5.32 Å². The van der Waals surface area contributed by atoms with Crippen molar-refractivity contribution in [2.75, 3.05) is 17.9 Å². The Morgan fingerprint density at radius 2 is 1.59 bits per heavy atom. The van der Waals surface area contributed by atoms with Crippen molar-refractivity contribution in [3.63, 3.8) is 0 Å². The molecule has 0 fully saturated rings. The first-order valence-corrected chi connectivity index (χ1v) is 14.8. The summed E-state index contributed by atoms with van der Waals surface area (Å²) in [7, 11) is -2.63. The van der Waals surface area contributed by atoms with E-state index in [4.69, 9.17) is 23.2 Å². The third-order valence-electron chi connectivity index (χ3n) is 6.45. The lowest BCUT2D eigenvalue weighted by molar-refractivity contribution is -0.140. The summed E-state index contributed by atoms with van der Waals surface area (Å²) < 4.78 is 28.7. The van der Waals surface area contributed by atoms with Crippen LogP contribution in [0.25, 0.3) is 0 Å². The van der Waals surface area contributed by atoms with Gasteiger partial charge >= 0.3 is 0 Å². The number of carbonyl (C=O) groups excluding carboxylic acids is 2. The van der Waals surface area contributed by atoms with Crippen LogP contribution in [0, 0.1) is 0 Å². The van der Waals surface area contributed by atoms with Crippen LogP contribution in [0.3, 0.4) is 0 Å². The minimum absolute atomic E-state index is 0.00766. The average molecular weight is 591 g/mol. The molecule has 0 unspecified atom stereocenters. The van der Waals surface area contributed by atoms with Crippen molar-refractivity contribution in [1.29, 1.82) is 0 Å². The van der Waals surface area contributed by atoms with Crippen molar-refractivity contribution in [2.45, 2.75) is 50.6 Å².